The molecule has 3 nitrogen and oxygen atoms in total. The minimum Gasteiger partial charge on any atom is 1.00 e. The molecule has 0 aliphatic carbocycles. The number of hydrogen-bond donors (Lipinski definition) is 0. The molecule has 0 aromatic rings. The van der Waals surface area contributed by atoms with E-state index in [0.29, 0.717) is 11.0 Å². The molecule has 0 aromatic carbocycles. The maximum absolute atomic E-state index is 10.1. The van der Waals surface area contributed by atoms with Gasteiger partial charge >= 0.3 is 92.9 Å². The maximum atomic E-state index is 10.1. The molecule has 1 atom stereocenters. The van der Waals surface area contributed by atoms with Crippen LogP contribution in [-0.4, -0.2) is 21.1 Å². The second-order valence-corrected chi connectivity index (χ2v) is 4.53. The van der Waals surface area contributed by atoms with E-state index in [1.807, 2.05) is 0 Å². The first-order valence-corrected chi connectivity index (χ1v) is 5.72. The number of carbonyl (C=O) groups is 1. The van der Waals surface area contributed by atoms with E-state index in [2.05, 4.69) is 0 Å². The van der Waals surface area contributed by atoms with Gasteiger partial charge in [-0.1, -0.05) is 0 Å². The van der Waals surface area contributed by atoms with E-state index >= 15 is 0 Å². The number of halogens is 1. The third-order valence-electron chi connectivity index (χ3n) is 1.11. The number of carbonyl (C=O) groups excluding carboxylic acids is 1. The van der Waals surface area contributed by atoms with Crippen molar-refractivity contribution in [2.24, 2.45) is 0 Å². The van der Waals surface area contributed by atoms with Crippen LogP contribution in [0.5, 0.6) is 0 Å². The van der Waals surface area contributed by atoms with Gasteiger partial charge in [0.05, 0.1) is 0 Å². The van der Waals surface area contributed by atoms with Gasteiger partial charge < -0.3 is 0 Å². The summed E-state index contributed by atoms with van der Waals surface area (Å²) in [5.41, 5.74) is 0. The molecule has 0 spiro atoms. The van der Waals surface area contributed by atoms with Crippen molar-refractivity contribution in [1.29, 1.82) is 0 Å². The molecule has 0 amide bonds. The van der Waals surface area contributed by atoms with E-state index in [1.165, 1.54) is 0 Å². The van der Waals surface area contributed by atoms with Gasteiger partial charge in [0.25, 0.3) is 0 Å². The van der Waals surface area contributed by atoms with Crippen molar-refractivity contribution in [2.45, 2.75) is 12.5 Å². The Hall–Kier alpha value is 1.16. The number of carboxylic acids is 1. The molecule has 1 unspecified atom stereocenters. The van der Waals surface area contributed by atoms with E-state index in [0.717, 1.165) is 4.43 Å². The summed E-state index contributed by atoms with van der Waals surface area (Å²) in [7, 11) is 0. The second-order valence-electron chi connectivity index (χ2n) is 1.75. The molecule has 10 heavy (non-hydrogen) atoms. The standard InChI is InChI=1S/C5H8IO3.Na/c7-5(8)4-1-2-6-3-9-4;/h4H,1-3H2,(H,7,8);/q-1;+1/p-1. The molecule has 1 rings (SSSR count). The van der Waals surface area contributed by atoms with Crippen molar-refractivity contribution in [3.05, 3.63) is 0 Å². The summed E-state index contributed by atoms with van der Waals surface area (Å²) in [5.74, 6) is -1.06. The molecule has 5 heteroatoms. The van der Waals surface area contributed by atoms with Crippen molar-refractivity contribution < 1.29 is 65.4 Å². The summed E-state index contributed by atoms with van der Waals surface area (Å²) in [4.78, 5) is 10.1. The summed E-state index contributed by atoms with van der Waals surface area (Å²) < 4.78 is 6.66. The number of ether oxygens (including phenoxy) is 1. The zero-order valence-electron chi connectivity index (χ0n) is 5.80. The smallest absolute Gasteiger partial charge is 1.00 e. The summed E-state index contributed by atoms with van der Waals surface area (Å²) >= 11 is 0.149. The van der Waals surface area contributed by atoms with Crippen LogP contribution >= 0.6 is 0 Å². The Morgan fingerprint density at radius 3 is 2.70 bits per heavy atom. The maximum Gasteiger partial charge on any atom is 1.00 e. The van der Waals surface area contributed by atoms with Gasteiger partial charge in [-0.3, -0.25) is 0 Å². The monoisotopic (exact) mass is 265 g/mol. The fourth-order valence-corrected chi connectivity index (χ4v) is 2.63. The van der Waals surface area contributed by atoms with Crippen LogP contribution in [0.4, 0.5) is 0 Å². The minimum atomic E-state index is -1.06. The number of hydrogen-bond acceptors (Lipinski definition) is 3. The molecule has 54 valence electrons. The number of rotatable bonds is 1. The second kappa shape index (κ2) is 5.77. The third kappa shape index (κ3) is 3.52. The van der Waals surface area contributed by atoms with Gasteiger partial charge in [0.15, 0.2) is 0 Å². The Kier molecular flexibility index (Phi) is 6.43. The van der Waals surface area contributed by atoms with Crippen LogP contribution < -0.4 is 55.9 Å². The van der Waals surface area contributed by atoms with Gasteiger partial charge in [-0.05, 0) is 0 Å². The van der Waals surface area contributed by atoms with Crippen molar-refractivity contribution >= 4 is 5.97 Å². The van der Waals surface area contributed by atoms with Gasteiger partial charge in [0.1, 0.15) is 0 Å². The Labute approximate surface area is 92.1 Å². The van der Waals surface area contributed by atoms with E-state index in [4.69, 9.17) is 4.74 Å². The van der Waals surface area contributed by atoms with Crippen LogP contribution in [0.15, 0.2) is 0 Å². The molecular weight excluding hydrogens is 258 g/mol. The van der Waals surface area contributed by atoms with Crippen LogP contribution in [0.25, 0.3) is 0 Å². The molecular formula is C5H7INaO3-. The number of aliphatic carboxylic acids is 1. The predicted octanol–water partition coefficient (Wildman–Crippen LogP) is -7.42. The Bertz CT molecular complexity index is 113. The van der Waals surface area contributed by atoms with E-state index in [-0.39, 0.29) is 50.8 Å². The fraction of sp³-hybridized carbons (Fsp3) is 0.800. The van der Waals surface area contributed by atoms with Gasteiger partial charge in [0, 0.05) is 0 Å². The molecule has 1 aliphatic heterocycles. The summed E-state index contributed by atoms with van der Waals surface area (Å²) in [6, 6.07) is 0. The SMILES string of the molecule is O=C([O-])C1CC[I-]CO1.[Na+]. The Balaban J connectivity index is 0.000000810. The van der Waals surface area contributed by atoms with Gasteiger partial charge in [-0.25, -0.2) is 0 Å². The van der Waals surface area contributed by atoms with Gasteiger partial charge in [-0.15, -0.1) is 0 Å². The zero-order chi connectivity index (χ0) is 6.69. The zero-order valence-corrected chi connectivity index (χ0v) is 9.96. The van der Waals surface area contributed by atoms with Crippen molar-refractivity contribution in [3.8, 4) is 0 Å². The van der Waals surface area contributed by atoms with Crippen LogP contribution in [0.1, 0.15) is 6.42 Å². The van der Waals surface area contributed by atoms with Gasteiger partial charge in [0.2, 0.25) is 0 Å². The molecule has 0 saturated carbocycles. The molecule has 0 bridgehead atoms. The van der Waals surface area contributed by atoms with Crippen LogP contribution in [-0.2, 0) is 9.53 Å². The molecule has 1 aliphatic rings. The number of carboxylic acid groups (broad SMARTS) is 1. The third-order valence-corrected chi connectivity index (χ3v) is 3.29. The molecule has 0 radical (unpaired) electrons. The van der Waals surface area contributed by atoms with Gasteiger partial charge in [-0.2, -0.15) is 0 Å². The molecule has 1 saturated heterocycles. The molecule has 0 N–H and O–H groups in total. The topological polar surface area (TPSA) is 49.4 Å². The largest absolute Gasteiger partial charge is 1.00 e. The fourth-order valence-electron chi connectivity index (χ4n) is 0.621. The van der Waals surface area contributed by atoms with Crippen molar-refractivity contribution in [2.75, 3.05) is 9.04 Å². The minimum absolute atomic E-state index is 0. The average Bonchev–Trinajstić information content (AvgIpc) is 1.90. The van der Waals surface area contributed by atoms with Crippen molar-refractivity contribution in [3.63, 3.8) is 0 Å². The first-order chi connectivity index (χ1) is 4.30. The number of alkyl halides is 2. The van der Waals surface area contributed by atoms with Crippen LogP contribution in [0.2, 0.25) is 0 Å². The Morgan fingerprint density at radius 1 is 1.70 bits per heavy atom. The van der Waals surface area contributed by atoms with Crippen molar-refractivity contribution in [1.82, 2.24) is 0 Å². The predicted molar refractivity (Wildman–Crippen MR) is 24.2 cm³/mol. The van der Waals surface area contributed by atoms with E-state index in [9.17, 15) is 9.90 Å². The quantitative estimate of drug-likeness (QED) is 0.269. The summed E-state index contributed by atoms with van der Waals surface area (Å²) in [6.07, 6.45) is 0.0498. The van der Waals surface area contributed by atoms with Crippen LogP contribution in [0, 0.1) is 0 Å². The average molecular weight is 265 g/mol. The van der Waals surface area contributed by atoms with Crippen LogP contribution in [0.3, 0.4) is 0 Å². The first kappa shape index (κ1) is 11.2. The summed E-state index contributed by atoms with van der Waals surface area (Å²) in [5, 5.41) is 10.1. The van der Waals surface area contributed by atoms with E-state index < -0.39 is 12.1 Å². The first-order valence-electron chi connectivity index (χ1n) is 2.66. The molecule has 1 fully saturated rings. The summed E-state index contributed by atoms with van der Waals surface area (Å²) in [6.45, 7) is 0. The Morgan fingerprint density at radius 2 is 2.40 bits per heavy atom. The molecule has 0 aromatic heterocycles. The molecule has 1 heterocycles. The normalized spacial score (nSPS) is 25.8. The van der Waals surface area contributed by atoms with E-state index in [1.54, 1.807) is 0 Å².